The predicted octanol–water partition coefficient (Wildman–Crippen LogP) is 4.64. The number of hydrogen-bond donors (Lipinski definition) is 0. The maximum Gasteiger partial charge on any atom is 0.295 e. The van der Waals surface area contributed by atoms with Gasteiger partial charge >= 0.3 is 0 Å². The number of hydrogen-bond acceptors (Lipinski definition) is 3. The lowest BCUT2D eigenvalue weighted by Gasteiger charge is -2.09. The minimum atomic E-state index is -0.385. The van der Waals surface area contributed by atoms with E-state index in [2.05, 4.69) is 23.2 Å². The van der Waals surface area contributed by atoms with Crippen LogP contribution in [0.15, 0.2) is 72.9 Å². The number of nitro groups is 1. The van der Waals surface area contributed by atoms with Gasteiger partial charge < -0.3 is 0 Å². The van der Waals surface area contributed by atoms with Crippen molar-refractivity contribution in [3.8, 4) is 11.3 Å². The molecule has 0 unspecified atom stereocenters. The van der Waals surface area contributed by atoms with Gasteiger partial charge in [0, 0.05) is 17.8 Å². The highest BCUT2D eigenvalue weighted by atomic mass is 16.6. The van der Waals surface area contributed by atoms with Crippen molar-refractivity contribution in [3.05, 3.63) is 99.7 Å². The molecule has 0 saturated heterocycles. The molecule has 0 radical (unpaired) electrons. The molecule has 1 aliphatic rings. The van der Waals surface area contributed by atoms with Gasteiger partial charge in [0.15, 0.2) is 0 Å². The van der Waals surface area contributed by atoms with Crippen molar-refractivity contribution in [2.45, 2.75) is 6.42 Å². The first-order valence-corrected chi connectivity index (χ1v) is 7.73. The van der Waals surface area contributed by atoms with E-state index >= 15 is 0 Å². The van der Waals surface area contributed by atoms with Crippen molar-refractivity contribution < 1.29 is 4.92 Å². The van der Waals surface area contributed by atoms with Crippen LogP contribution in [-0.4, -0.2) is 9.91 Å². The summed E-state index contributed by atoms with van der Waals surface area (Å²) in [5.41, 5.74) is 5.89. The second-order valence-corrected chi connectivity index (χ2v) is 5.69. The zero-order valence-electron chi connectivity index (χ0n) is 12.8. The van der Waals surface area contributed by atoms with Crippen LogP contribution in [0, 0.1) is 10.1 Å². The Kier molecular flexibility index (Phi) is 3.43. The topological polar surface area (TPSA) is 56.0 Å². The maximum absolute atomic E-state index is 11.3. The number of aromatic nitrogens is 1. The molecule has 0 amide bonds. The number of nitrogens with zero attached hydrogens (tertiary/aromatic N) is 2. The van der Waals surface area contributed by atoms with E-state index < -0.39 is 0 Å². The molecule has 0 N–H and O–H groups in total. The highest BCUT2D eigenvalue weighted by molar-refractivity contribution is 5.87. The molecule has 1 aromatic heterocycles. The normalized spacial score (nSPS) is 12.6. The average Bonchev–Trinajstić information content (AvgIpc) is 3.05. The van der Waals surface area contributed by atoms with Crippen LogP contribution in [0.2, 0.25) is 0 Å². The van der Waals surface area contributed by atoms with Gasteiger partial charge in [-0.2, -0.15) is 0 Å². The van der Waals surface area contributed by atoms with E-state index in [-0.39, 0.29) is 10.6 Å². The molecule has 0 fully saturated rings. The molecule has 0 atom stereocenters. The zero-order valence-corrected chi connectivity index (χ0v) is 12.8. The standard InChI is InChI=1S/C20H14N2O2/c23-22(24)19-7-4-12-21-20(19)16-9-8-15-10-11-17(18(15)13-16)14-5-2-1-3-6-14/h1-9,11-13H,10H2. The molecular weight excluding hydrogens is 300 g/mol. The van der Waals surface area contributed by atoms with Gasteiger partial charge in [-0.25, -0.2) is 4.98 Å². The Labute approximate surface area is 139 Å². The molecular formula is C20H14N2O2. The van der Waals surface area contributed by atoms with Crippen LogP contribution in [0.25, 0.3) is 16.8 Å². The van der Waals surface area contributed by atoms with E-state index in [0.29, 0.717) is 5.69 Å². The number of benzene rings is 2. The number of pyridine rings is 1. The first kappa shape index (κ1) is 14.3. The van der Waals surface area contributed by atoms with Crippen molar-refractivity contribution >= 4 is 11.3 Å². The average molecular weight is 314 g/mol. The minimum absolute atomic E-state index is 0.0284. The van der Waals surface area contributed by atoms with Crippen LogP contribution < -0.4 is 0 Å². The predicted molar refractivity (Wildman–Crippen MR) is 93.6 cm³/mol. The Morgan fingerprint density at radius 2 is 1.79 bits per heavy atom. The third-order valence-corrected chi connectivity index (χ3v) is 4.27. The van der Waals surface area contributed by atoms with Crippen molar-refractivity contribution in [3.63, 3.8) is 0 Å². The molecule has 1 aliphatic carbocycles. The van der Waals surface area contributed by atoms with Crippen molar-refractivity contribution in [2.75, 3.05) is 0 Å². The Balaban J connectivity index is 1.83. The van der Waals surface area contributed by atoms with E-state index in [4.69, 9.17) is 0 Å². The fraction of sp³-hybridized carbons (Fsp3) is 0.0500. The van der Waals surface area contributed by atoms with E-state index in [0.717, 1.165) is 23.1 Å². The Morgan fingerprint density at radius 1 is 0.958 bits per heavy atom. The largest absolute Gasteiger partial charge is 0.295 e. The van der Waals surface area contributed by atoms with Crippen molar-refractivity contribution in [1.29, 1.82) is 0 Å². The second kappa shape index (κ2) is 5.74. The fourth-order valence-electron chi connectivity index (χ4n) is 3.13. The molecule has 0 aliphatic heterocycles. The van der Waals surface area contributed by atoms with E-state index in [1.54, 1.807) is 12.3 Å². The minimum Gasteiger partial charge on any atom is -0.258 e. The third kappa shape index (κ3) is 2.38. The van der Waals surface area contributed by atoms with E-state index in [1.165, 1.54) is 17.2 Å². The molecule has 116 valence electrons. The zero-order chi connectivity index (χ0) is 16.5. The number of fused-ring (bicyclic) bond motifs is 1. The van der Waals surface area contributed by atoms with Gasteiger partial charge in [0.1, 0.15) is 5.69 Å². The summed E-state index contributed by atoms with van der Waals surface area (Å²) in [4.78, 5) is 15.1. The van der Waals surface area contributed by atoms with E-state index in [1.807, 2.05) is 36.4 Å². The lowest BCUT2D eigenvalue weighted by molar-refractivity contribution is -0.384. The molecule has 1 heterocycles. The first-order valence-electron chi connectivity index (χ1n) is 7.73. The Bertz CT molecular complexity index is 962. The van der Waals surface area contributed by atoms with Gasteiger partial charge in [0.2, 0.25) is 0 Å². The fourth-order valence-corrected chi connectivity index (χ4v) is 3.13. The van der Waals surface area contributed by atoms with Gasteiger partial charge in [0.25, 0.3) is 5.69 Å². The smallest absolute Gasteiger partial charge is 0.258 e. The summed E-state index contributed by atoms with van der Waals surface area (Å²) in [6.07, 6.45) is 4.67. The second-order valence-electron chi connectivity index (χ2n) is 5.69. The molecule has 4 nitrogen and oxygen atoms in total. The first-order chi connectivity index (χ1) is 11.7. The van der Waals surface area contributed by atoms with Crippen LogP contribution in [0.1, 0.15) is 16.7 Å². The summed E-state index contributed by atoms with van der Waals surface area (Å²) in [6.45, 7) is 0. The lowest BCUT2D eigenvalue weighted by Crippen LogP contribution is -1.95. The van der Waals surface area contributed by atoms with Crippen molar-refractivity contribution in [2.24, 2.45) is 0 Å². The molecule has 2 aromatic carbocycles. The molecule has 4 rings (SSSR count). The van der Waals surface area contributed by atoms with Gasteiger partial charge in [-0.15, -0.1) is 0 Å². The van der Waals surface area contributed by atoms with Gasteiger partial charge in [-0.3, -0.25) is 10.1 Å². The summed E-state index contributed by atoms with van der Waals surface area (Å²) in [5, 5.41) is 11.3. The van der Waals surface area contributed by atoms with Crippen LogP contribution in [0.5, 0.6) is 0 Å². The maximum atomic E-state index is 11.3. The van der Waals surface area contributed by atoms with Crippen LogP contribution in [0.3, 0.4) is 0 Å². The highest BCUT2D eigenvalue weighted by Gasteiger charge is 2.20. The van der Waals surface area contributed by atoms with Crippen LogP contribution >= 0.6 is 0 Å². The summed E-state index contributed by atoms with van der Waals surface area (Å²) in [5.74, 6) is 0. The van der Waals surface area contributed by atoms with Gasteiger partial charge in [-0.05, 0) is 40.8 Å². The molecule has 4 heteroatoms. The Morgan fingerprint density at radius 3 is 2.58 bits per heavy atom. The molecule has 3 aromatic rings. The summed E-state index contributed by atoms with van der Waals surface area (Å²) in [7, 11) is 0. The van der Waals surface area contributed by atoms with Crippen LogP contribution in [0.4, 0.5) is 5.69 Å². The third-order valence-electron chi connectivity index (χ3n) is 4.27. The van der Waals surface area contributed by atoms with Gasteiger partial charge in [-0.1, -0.05) is 48.5 Å². The SMILES string of the molecule is O=[N+]([O-])c1cccnc1-c1ccc2c(c1)C(c1ccccc1)=CC2. The lowest BCUT2D eigenvalue weighted by atomic mass is 9.96. The molecule has 0 saturated carbocycles. The highest BCUT2D eigenvalue weighted by Crippen LogP contribution is 2.36. The number of rotatable bonds is 3. The van der Waals surface area contributed by atoms with Gasteiger partial charge in [0.05, 0.1) is 4.92 Å². The number of allylic oxidation sites excluding steroid dienone is 1. The quantitative estimate of drug-likeness (QED) is 0.522. The molecule has 0 spiro atoms. The summed E-state index contributed by atoms with van der Waals surface area (Å²) < 4.78 is 0. The van der Waals surface area contributed by atoms with Crippen molar-refractivity contribution in [1.82, 2.24) is 4.98 Å². The summed E-state index contributed by atoms with van der Waals surface area (Å²) >= 11 is 0. The Hall–Kier alpha value is -3.27. The summed E-state index contributed by atoms with van der Waals surface area (Å²) in [6, 6.07) is 19.2. The monoisotopic (exact) mass is 314 g/mol. The van der Waals surface area contributed by atoms with E-state index in [9.17, 15) is 10.1 Å². The van der Waals surface area contributed by atoms with Crippen LogP contribution in [-0.2, 0) is 6.42 Å². The molecule has 24 heavy (non-hydrogen) atoms. The molecule has 0 bridgehead atoms.